The van der Waals surface area contributed by atoms with Gasteiger partial charge in [0.2, 0.25) is 0 Å². The van der Waals surface area contributed by atoms with E-state index in [2.05, 4.69) is 5.32 Å². The molecule has 1 aromatic carbocycles. The number of rotatable bonds is 2. The third-order valence-electron chi connectivity index (χ3n) is 2.77. The Labute approximate surface area is 103 Å². The second kappa shape index (κ2) is 5.17. The number of benzene rings is 1. The molecule has 5 heteroatoms. The number of hydrogen-bond acceptors (Lipinski definition) is 3. The van der Waals surface area contributed by atoms with Crippen LogP contribution in [-0.4, -0.2) is 21.2 Å². The lowest BCUT2D eigenvalue weighted by Gasteiger charge is -2.10. The third kappa shape index (κ3) is 2.97. The fourth-order valence-corrected chi connectivity index (χ4v) is 2.55. The summed E-state index contributed by atoms with van der Waals surface area (Å²) >= 11 is 0. The molecule has 0 radical (unpaired) electrons. The molecular formula is C11H16ClNO2S. The highest BCUT2D eigenvalue weighted by atomic mass is 35.5. The average molecular weight is 262 g/mol. The zero-order valence-corrected chi connectivity index (χ0v) is 10.8. The van der Waals surface area contributed by atoms with Crippen molar-refractivity contribution >= 4 is 22.2 Å². The zero-order valence-electron chi connectivity index (χ0n) is 9.14. The van der Waals surface area contributed by atoms with Crippen molar-refractivity contribution in [2.75, 3.05) is 12.8 Å². The molecule has 1 heterocycles. The van der Waals surface area contributed by atoms with Crippen LogP contribution in [-0.2, 0) is 9.84 Å². The highest BCUT2D eigenvalue weighted by molar-refractivity contribution is 7.90. The Balaban J connectivity index is 0.00000128. The number of nitrogens with one attached hydrogen (secondary N) is 1. The minimum Gasteiger partial charge on any atom is -0.310 e. The first kappa shape index (κ1) is 13.5. The van der Waals surface area contributed by atoms with Crippen molar-refractivity contribution in [1.29, 1.82) is 0 Å². The van der Waals surface area contributed by atoms with E-state index >= 15 is 0 Å². The molecule has 3 nitrogen and oxygen atoms in total. The highest BCUT2D eigenvalue weighted by Gasteiger charge is 2.16. The van der Waals surface area contributed by atoms with Crippen LogP contribution in [0.15, 0.2) is 29.2 Å². The molecule has 0 aromatic heterocycles. The molecule has 0 spiro atoms. The Hall–Kier alpha value is -0.580. The van der Waals surface area contributed by atoms with Crippen LogP contribution in [0.5, 0.6) is 0 Å². The molecule has 1 aromatic rings. The standard InChI is InChI=1S/C11H15NO2S.ClH/c1-15(13,14)10-6-4-9(5-7-10)11-3-2-8-12-11;/h4-7,11-12H,2-3,8H2,1H3;1H/t11-;/m0./s1. The van der Waals surface area contributed by atoms with Crippen molar-refractivity contribution in [2.24, 2.45) is 0 Å². The van der Waals surface area contributed by atoms with Gasteiger partial charge in [0.1, 0.15) is 0 Å². The molecule has 2 rings (SSSR count). The van der Waals surface area contributed by atoms with Gasteiger partial charge in [-0.1, -0.05) is 12.1 Å². The molecule has 1 N–H and O–H groups in total. The lowest BCUT2D eigenvalue weighted by molar-refractivity contribution is 0.601. The van der Waals surface area contributed by atoms with Gasteiger partial charge in [-0.2, -0.15) is 0 Å². The lowest BCUT2D eigenvalue weighted by atomic mass is 10.1. The largest absolute Gasteiger partial charge is 0.310 e. The van der Waals surface area contributed by atoms with Crippen molar-refractivity contribution in [3.63, 3.8) is 0 Å². The van der Waals surface area contributed by atoms with Gasteiger partial charge in [-0.05, 0) is 37.1 Å². The molecule has 1 saturated heterocycles. The van der Waals surface area contributed by atoms with Crippen molar-refractivity contribution in [2.45, 2.75) is 23.8 Å². The molecule has 0 bridgehead atoms. The van der Waals surface area contributed by atoms with E-state index in [1.54, 1.807) is 12.1 Å². The summed E-state index contributed by atoms with van der Waals surface area (Å²) in [6.07, 6.45) is 3.56. The molecule has 16 heavy (non-hydrogen) atoms. The van der Waals surface area contributed by atoms with Gasteiger partial charge < -0.3 is 5.32 Å². The Kier molecular flexibility index (Phi) is 4.35. The predicted octanol–water partition coefficient (Wildman–Crippen LogP) is 1.94. The van der Waals surface area contributed by atoms with Crippen LogP contribution >= 0.6 is 12.4 Å². The van der Waals surface area contributed by atoms with E-state index in [-0.39, 0.29) is 12.4 Å². The minimum atomic E-state index is -3.06. The van der Waals surface area contributed by atoms with E-state index in [1.807, 2.05) is 12.1 Å². The van der Waals surface area contributed by atoms with Gasteiger partial charge in [-0.25, -0.2) is 8.42 Å². The van der Waals surface area contributed by atoms with E-state index in [1.165, 1.54) is 18.2 Å². The molecule has 0 unspecified atom stereocenters. The topological polar surface area (TPSA) is 46.2 Å². The molecular weight excluding hydrogens is 246 g/mol. The van der Waals surface area contributed by atoms with Crippen molar-refractivity contribution in [3.05, 3.63) is 29.8 Å². The van der Waals surface area contributed by atoms with Gasteiger partial charge in [0.05, 0.1) is 4.90 Å². The van der Waals surface area contributed by atoms with E-state index in [9.17, 15) is 8.42 Å². The summed E-state index contributed by atoms with van der Waals surface area (Å²) in [6.45, 7) is 1.05. The first-order valence-corrected chi connectivity index (χ1v) is 7.00. The Morgan fingerprint density at radius 3 is 2.31 bits per heavy atom. The van der Waals surface area contributed by atoms with Crippen LogP contribution in [0.2, 0.25) is 0 Å². The number of sulfone groups is 1. The van der Waals surface area contributed by atoms with E-state index < -0.39 is 9.84 Å². The molecule has 1 fully saturated rings. The summed E-state index contributed by atoms with van der Waals surface area (Å²) in [5.74, 6) is 0. The van der Waals surface area contributed by atoms with Gasteiger partial charge in [-0.15, -0.1) is 12.4 Å². The number of hydrogen-bond donors (Lipinski definition) is 1. The minimum absolute atomic E-state index is 0. The van der Waals surface area contributed by atoms with Crippen molar-refractivity contribution in [1.82, 2.24) is 5.32 Å². The average Bonchev–Trinajstić information content (AvgIpc) is 2.69. The van der Waals surface area contributed by atoms with Gasteiger partial charge >= 0.3 is 0 Å². The Bertz CT molecular complexity index is 436. The first-order valence-electron chi connectivity index (χ1n) is 5.11. The molecule has 1 aliphatic rings. The fourth-order valence-electron chi connectivity index (χ4n) is 1.92. The Morgan fingerprint density at radius 2 is 1.88 bits per heavy atom. The second-order valence-corrected chi connectivity index (χ2v) is 6.01. The van der Waals surface area contributed by atoms with Gasteiger partial charge in [0.25, 0.3) is 0 Å². The van der Waals surface area contributed by atoms with E-state index in [0.29, 0.717) is 10.9 Å². The zero-order chi connectivity index (χ0) is 10.9. The molecule has 0 amide bonds. The molecule has 0 aliphatic carbocycles. The smallest absolute Gasteiger partial charge is 0.175 e. The summed E-state index contributed by atoms with van der Waals surface area (Å²) < 4.78 is 22.5. The number of halogens is 1. The molecule has 1 aliphatic heterocycles. The van der Waals surface area contributed by atoms with Crippen LogP contribution in [0.25, 0.3) is 0 Å². The van der Waals surface area contributed by atoms with Gasteiger partial charge in [-0.3, -0.25) is 0 Å². The van der Waals surface area contributed by atoms with Crippen molar-refractivity contribution < 1.29 is 8.42 Å². The van der Waals surface area contributed by atoms with Gasteiger partial charge in [0, 0.05) is 12.3 Å². The fraction of sp³-hybridized carbons (Fsp3) is 0.455. The maximum Gasteiger partial charge on any atom is 0.175 e. The summed E-state index contributed by atoms with van der Waals surface area (Å²) in [5, 5.41) is 3.38. The molecule has 90 valence electrons. The lowest BCUT2D eigenvalue weighted by Crippen LogP contribution is -2.12. The van der Waals surface area contributed by atoms with Crippen LogP contribution in [0.1, 0.15) is 24.4 Å². The summed E-state index contributed by atoms with van der Waals surface area (Å²) in [5.41, 5.74) is 1.18. The normalized spacial score (nSPS) is 20.4. The Morgan fingerprint density at radius 1 is 1.25 bits per heavy atom. The monoisotopic (exact) mass is 261 g/mol. The molecule has 0 saturated carbocycles. The van der Waals surface area contributed by atoms with Crippen LogP contribution in [0.3, 0.4) is 0 Å². The SMILES string of the molecule is CS(=O)(=O)c1ccc([C@@H]2CCCN2)cc1.Cl. The quantitative estimate of drug-likeness (QED) is 0.885. The van der Waals surface area contributed by atoms with E-state index in [4.69, 9.17) is 0 Å². The predicted molar refractivity (Wildman–Crippen MR) is 66.8 cm³/mol. The first-order chi connectivity index (χ1) is 7.07. The van der Waals surface area contributed by atoms with Crippen LogP contribution < -0.4 is 5.32 Å². The molecule has 1 atom stereocenters. The second-order valence-electron chi connectivity index (χ2n) is 3.99. The highest BCUT2D eigenvalue weighted by Crippen LogP contribution is 2.23. The maximum atomic E-state index is 11.2. The van der Waals surface area contributed by atoms with Crippen LogP contribution in [0.4, 0.5) is 0 Å². The van der Waals surface area contributed by atoms with E-state index in [0.717, 1.165) is 13.0 Å². The summed E-state index contributed by atoms with van der Waals surface area (Å²) in [7, 11) is -3.06. The van der Waals surface area contributed by atoms with Crippen molar-refractivity contribution in [3.8, 4) is 0 Å². The third-order valence-corrected chi connectivity index (χ3v) is 3.90. The maximum absolute atomic E-state index is 11.2. The summed E-state index contributed by atoms with van der Waals surface area (Å²) in [4.78, 5) is 0.393. The van der Waals surface area contributed by atoms with Gasteiger partial charge in [0.15, 0.2) is 9.84 Å². The van der Waals surface area contributed by atoms with Crippen LogP contribution in [0, 0.1) is 0 Å². The summed E-state index contributed by atoms with van der Waals surface area (Å²) in [6, 6.07) is 7.58.